The molecular formula is C24H25BrN2O3S. The topological polar surface area (TPSA) is 66.5 Å². The average molecular weight is 501 g/mol. The van der Waals surface area contributed by atoms with Crippen molar-refractivity contribution in [1.82, 2.24) is 5.32 Å². The number of sulfonamides is 1. The maximum absolute atomic E-state index is 13.4. The Hall–Kier alpha value is -2.64. The van der Waals surface area contributed by atoms with Gasteiger partial charge in [0, 0.05) is 4.47 Å². The number of nitrogens with one attached hydrogen (secondary N) is 1. The Morgan fingerprint density at radius 3 is 2.13 bits per heavy atom. The van der Waals surface area contributed by atoms with Gasteiger partial charge in [0.2, 0.25) is 5.91 Å². The van der Waals surface area contributed by atoms with Gasteiger partial charge < -0.3 is 5.32 Å². The van der Waals surface area contributed by atoms with Crippen LogP contribution in [0.15, 0.2) is 82.2 Å². The van der Waals surface area contributed by atoms with Crippen molar-refractivity contribution >= 4 is 37.5 Å². The molecule has 1 atom stereocenters. The Morgan fingerprint density at radius 2 is 1.55 bits per heavy atom. The lowest BCUT2D eigenvalue weighted by Crippen LogP contribution is -2.41. The third-order valence-corrected chi connectivity index (χ3v) is 7.23. The van der Waals surface area contributed by atoms with Gasteiger partial charge >= 0.3 is 0 Å². The third-order valence-electron chi connectivity index (χ3n) is 4.95. The second-order valence-electron chi connectivity index (χ2n) is 7.50. The molecule has 3 aromatic rings. The van der Waals surface area contributed by atoms with Crippen LogP contribution in [0.25, 0.3) is 0 Å². The minimum Gasteiger partial charge on any atom is -0.348 e. The molecule has 31 heavy (non-hydrogen) atoms. The molecule has 1 N–H and O–H groups in total. The predicted octanol–water partition coefficient (Wildman–Crippen LogP) is 5.14. The van der Waals surface area contributed by atoms with Gasteiger partial charge in [0.05, 0.1) is 16.6 Å². The van der Waals surface area contributed by atoms with E-state index in [2.05, 4.69) is 21.2 Å². The van der Waals surface area contributed by atoms with Crippen molar-refractivity contribution < 1.29 is 13.2 Å². The van der Waals surface area contributed by atoms with Crippen LogP contribution in [-0.2, 0) is 14.8 Å². The van der Waals surface area contributed by atoms with E-state index in [0.29, 0.717) is 5.69 Å². The number of hydrogen-bond acceptors (Lipinski definition) is 3. The van der Waals surface area contributed by atoms with Crippen molar-refractivity contribution in [2.75, 3.05) is 10.8 Å². The maximum Gasteiger partial charge on any atom is 0.264 e. The highest BCUT2D eigenvalue weighted by Crippen LogP contribution is 2.26. The molecule has 0 saturated heterocycles. The summed E-state index contributed by atoms with van der Waals surface area (Å²) in [7, 11) is -3.94. The van der Waals surface area contributed by atoms with E-state index >= 15 is 0 Å². The summed E-state index contributed by atoms with van der Waals surface area (Å²) >= 11 is 3.38. The van der Waals surface area contributed by atoms with Gasteiger partial charge in [-0.2, -0.15) is 0 Å². The largest absolute Gasteiger partial charge is 0.348 e. The van der Waals surface area contributed by atoms with Gasteiger partial charge in [0.1, 0.15) is 6.54 Å². The molecule has 5 nitrogen and oxygen atoms in total. The van der Waals surface area contributed by atoms with Crippen molar-refractivity contribution in [1.29, 1.82) is 0 Å². The van der Waals surface area contributed by atoms with Crippen molar-refractivity contribution in [2.45, 2.75) is 31.7 Å². The van der Waals surface area contributed by atoms with E-state index in [0.717, 1.165) is 25.5 Å². The molecule has 3 rings (SSSR count). The van der Waals surface area contributed by atoms with Gasteiger partial charge in [-0.05, 0) is 56.7 Å². The second kappa shape index (κ2) is 9.66. The number of aryl methyl sites for hydroxylation is 2. The fraction of sp³-hybridized carbons (Fsp3) is 0.208. The van der Waals surface area contributed by atoms with Gasteiger partial charge in [0.15, 0.2) is 0 Å². The molecule has 7 heteroatoms. The summed E-state index contributed by atoms with van der Waals surface area (Å²) in [5.41, 5.74) is 3.45. The second-order valence-corrected chi connectivity index (χ2v) is 10.3. The molecule has 0 heterocycles. The molecule has 0 radical (unpaired) electrons. The molecule has 162 valence electrons. The summed E-state index contributed by atoms with van der Waals surface area (Å²) in [6.07, 6.45) is 0. The molecule has 0 spiro atoms. The predicted molar refractivity (Wildman–Crippen MR) is 128 cm³/mol. The summed E-state index contributed by atoms with van der Waals surface area (Å²) < 4.78 is 28.7. The molecular weight excluding hydrogens is 476 g/mol. The molecule has 0 unspecified atom stereocenters. The van der Waals surface area contributed by atoms with Crippen LogP contribution in [0.5, 0.6) is 0 Å². The smallest absolute Gasteiger partial charge is 0.264 e. The molecule has 0 bridgehead atoms. The summed E-state index contributed by atoms with van der Waals surface area (Å²) in [5.74, 6) is -0.385. The van der Waals surface area contributed by atoms with Crippen LogP contribution >= 0.6 is 15.9 Å². The Bertz CT molecular complexity index is 1160. The van der Waals surface area contributed by atoms with Gasteiger partial charge in [-0.15, -0.1) is 0 Å². The minimum atomic E-state index is -3.94. The minimum absolute atomic E-state index is 0.137. The average Bonchev–Trinajstić information content (AvgIpc) is 2.72. The highest BCUT2D eigenvalue weighted by Gasteiger charge is 2.27. The number of hydrogen-bond donors (Lipinski definition) is 1. The first kappa shape index (κ1) is 23.0. The number of carbonyl (C=O) groups is 1. The highest BCUT2D eigenvalue weighted by atomic mass is 79.9. The molecule has 0 aliphatic carbocycles. The molecule has 0 saturated carbocycles. The van der Waals surface area contributed by atoms with Crippen LogP contribution in [0.4, 0.5) is 5.69 Å². The van der Waals surface area contributed by atoms with Crippen LogP contribution in [-0.4, -0.2) is 20.9 Å². The lowest BCUT2D eigenvalue weighted by atomic mass is 10.1. The first-order chi connectivity index (χ1) is 14.7. The van der Waals surface area contributed by atoms with Gasteiger partial charge in [0.25, 0.3) is 10.0 Å². The zero-order valence-electron chi connectivity index (χ0n) is 17.7. The van der Waals surface area contributed by atoms with Crippen molar-refractivity contribution in [3.05, 3.63) is 94.0 Å². The van der Waals surface area contributed by atoms with Crippen molar-refractivity contribution in [3.63, 3.8) is 0 Å². The van der Waals surface area contributed by atoms with Crippen LogP contribution in [0.3, 0.4) is 0 Å². The first-order valence-corrected chi connectivity index (χ1v) is 12.1. The van der Waals surface area contributed by atoms with E-state index in [1.807, 2.05) is 45.0 Å². The Morgan fingerprint density at radius 1 is 0.968 bits per heavy atom. The fourth-order valence-corrected chi connectivity index (χ4v) is 4.94. The summed E-state index contributed by atoms with van der Waals surface area (Å²) in [5, 5.41) is 2.91. The monoisotopic (exact) mass is 500 g/mol. The maximum atomic E-state index is 13.4. The molecule has 0 aliphatic heterocycles. The van der Waals surface area contributed by atoms with Gasteiger partial charge in [-0.3, -0.25) is 9.10 Å². The third kappa shape index (κ3) is 5.74. The van der Waals surface area contributed by atoms with Gasteiger partial charge in [-0.25, -0.2) is 8.42 Å². The van der Waals surface area contributed by atoms with E-state index in [1.54, 1.807) is 48.5 Å². The molecule has 0 aromatic heterocycles. The van der Waals surface area contributed by atoms with Crippen molar-refractivity contribution in [3.8, 4) is 0 Å². The molecule has 1 amide bonds. The van der Waals surface area contributed by atoms with E-state index in [-0.39, 0.29) is 23.4 Å². The number of benzene rings is 3. The molecule has 0 aliphatic rings. The molecule has 3 aromatic carbocycles. The number of anilines is 1. The SMILES string of the molecule is Cc1ccc([C@@H](C)NC(=O)CN(c2cccc(Br)c2)S(=O)(=O)c2ccc(C)cc2)cc1. The Balaban J connectivity index is 1.89. The first-order valence-electron chi connectivity index (χ1n) is 9.88. The molecule has 0 fully saturated rings. The zero-order chi connectivity index (χ0) is 22.6. The lowest BCUT2D eigenvalue weighted by molar-refractivity contribution is -0.120. The standard InChI is InChI=1S/C24H25BrN2O3S/c1-17-7-11-20(12-8-17)19(3)26-24(28)16-27(22-6-4-5-21(25)15-22)31(29,30)23-13-9-18(2)10-14-23/h4-15,19H,16H2,1-3H3,(H,26,28)/t19-/m1/s1. The van der Waals surface area contributed by atoms with Crippen LogP contribution in [0.2, 0.25) is 0 Å². The van der Waals surface area contributed by atoms with E-state index in [4.69, 9.17) is 0 Å². The van der Waals surface area contributed by atoms with E-state index in [9.17, 15) is 13.2 Å². The Kier molecular flexibility index (Phi) is 7.18. The fourth-order valence-electron chi connectivity index (χ4n) is 3.14. The summed E-state index contributed by atoms with van der Waals surface area (Å²) in [4.78, 5) is 13.0. The van der Waals surface area contributed by atoms with Crippen LogP contribution in [0.1, 0.15) is 29.7 Å². The normalized spacial score (nSPS) is 12.3. The quantitative estimate of drug-likeness (QED) is 0.488. The van der Waals surface area contributed by atoms with Crippen LogP contribution in [0, 0.1) is 13.8 Å². The number of nitrogens with zero attached hydrogens (tertiary/aromatic N) is 1. The van der Waals surface area contributed by atoms with E-state index in [1.165, 1.54) is 0 Å². The number of amides is 1. The zero-order valence-corrected chi connectivity index (χ0v) is 20.1. The summed E-state index contributed by atoms with van der Waals surface area (Å²) in [6, 6.07) is 21.1. The van der Waals surface area contributed by atoms with Crippen LogP contribution < -0.4 is 9.62 Å². The number of rotatable bonds is 7. The highest BCUT2D eigenvalue weighted by molar-refractivity contribution is 9.10. The number of halogens is 1. The van der Waals surface area contributed by atoms with Gasteiger partial charge in [-0.1, -0.05) is 69.5 Å². The lowest BCUT2D eigenvalue weighted by Gasteiger charge is -2.25. The Labute approximate surface area is 192 Å². The summed E-state index contributed by atoms with van der Waals surface area (Å²) in [6.45, 7) is 5.44. The van der Waals surface area contributed by atoms with Crippen molar-refractivity contribution in [2.24, 2.45) is 0 Å². The van der Waals surface area contributed by atoms with E-state index < -0.39 is 10.0 Å². The number of carbonyl (C=O) groups excluding carboxylic acids is 1.